The third-order valence-corrected chi connectivity index (χ3v) is 4.19. The van der Waals surface area contributed by atoms with E-state index in [1.807, 2.05) is 43.0 Å². The monoisotopic (exact) mass is 314 g/mol. The third kappa shape index (κ3) is 2.05. The van der Waals surface area contributed by atoms with Crippen LogP contribution in [0.1, 0.15) is 13.8 Å². The van der Waals surface area contributed by atoms with Gasteiger partial charge < -0.3 is 9.94 Å². The molecule has 2 aromatic heterocycles. The second-order valence-electron chi connectivity index (χ2n) is 5.91. The second kappa shape index (κ2) is 4.54. The van der Waals surface area contributed by atoms with Gasteiger partial charge in [0, 0.05) is 18.2 Å². The molecule has 6 nitrogen and oxygen atoms in total. The Morgan fingerprint density at radius 2 is 2.05 bits per heavy atom. The van der Waals surface area contributed by atoms with E-state index in [-0.39, 0.29) is 0 Å². The Morgan fingerprint density at radius 3 is 2.82 bits per heavy atom. The smallest absolute Gasteiger partial charge is 0.285 e. The fourth-order valence-electron chi connectivity index (χ4n) is 2.72. The Morgan fingerprint density at radius 1 is 1.27 bits per heavy atom. The van der Waals surface area contributed by atoms with E-state index >= 15 is 0 Å². The minimum absolute atomic E-state index is 0.410. The minimum Gasteiger partial charge on any atom is -0.711 e. The molecule has 0 radical (unpaired) electrons. The van der Waals surface area contributed by atoms with Gasteiger partial charge in [0.15, 0.2) is 11.4 Å². The first kappa shape index (κ1) is 13.3. The van der Waals surface area contributed by atoms with Crippen LogP contribution in [0, 0.1) is 5.21 Å². The number of fused-ring (bicyclic) bond motifs is 2. The van der Waals surface area contributed by atoms with Gasteiger partial charge in [0.25, 0.3) is 5.82 Å². The maximum atomic E-state index is 12.2. The molecular formula is C15H14N4O2S. The number of hydrogen-bond donors (Lipinski definition) is 0. The molecule has 0 fully saturated rings. The van der Waals surface area contributed by atoms with E-state index in [1.165, 1.54) is 17.9 Å². The zero-order chi connectivity index (χ0) is 15.3. The van der Waals surface area contributed by atoms with Crippen LogP contribution >= 0.6 is 11.7 Å². The second-order valence-corrected chi connectivity index (χ2v) is 6.43. The molecule has 0 unspecified atom stereocenters. The van der Waals surface area contributed by atoms with Crippen LogP contribution in [0.3, 0.4) is 0 Å². The summed E-state index contributed by atoms with van der Waals surface area (Å²) < 4.78 is 15.5. The van der Waals surface area contributed by atoms with Crippen LogP contribution < -0.4 is 14.4 Å². The van der Waals surface area contributed by atoms with Crippen molar-refractivity contribution in [3.8, 4) is 5.75 Å². The number of anilines is 2. The highest BCUT2D eigenvalue weighted by atomic mass is 32.1. The van der Waals surface area contributed by atoms with Crippen LogP contribution in [-0.4, -0.2) is 20.9 Å². The van der Waals surface area contributed by atoms with E-state index in [4.69, 9.17) is 4.74 Å². The van der Waals surface area contributed by atoms with E-state index in [0.29, 0.717) is 12.4 Å². The Labute approximate surface area is 131 Å². The van der Waals surface area contributed by atoms with Crippen molar-refractivity contribution in [2.45, 2.75) is 19.4 Å². The van der Waals surface area contributed by atoms with Crippen LogP contribution in [0.2, 0.25) is 0 Å². The number of nitrogens with zero attached hydrogens (tertiary/aromatic N) is 4. The highest BCUT2D eigenvalue weighted by Gasteiger charge is 2.38. The van der Waals surface area contributed by atoms with Gasteiger partial charge in [0.05, 0.1) is 17.9 Å². The average Bonchev–Trinajstić information content (AvgIpc) is 2.91. The molecule has 3 heterocycles. The summed E-state index contributed by atoms with van der Waals surface area (Å²) in [5.74, 6) is 1.29. The average molecular weight is 314 g/mol. The fraction of sp³-hybridized carbons (Fsp3) is 0.267. The predicted molar refractivity (Wildman–Crippen MR) is 84.5 cm³/mol. The van der Waals surface area contributed by atoms with Crippen molar-refractivity contribution < 1.29 is 9.47 Å². The van der Waals surface area contributed by atoms with Crippen LogP contribution in [0.5, 0.6) is 5.75 Å². The summed E-state index contributed by atoms with van der Waals surface area (Å²) in [5.41, 5.74) is 2.05. The van der Waals surface area contributed by atoms with Gasteiger partial charge in [-0.15, -0.1) is 0 Å². The summed E-state index contributed by atoms with van der Waals surface area (Å²) >= 11 is 1.17. The number of rotatable bonds is 1. The summed E-state index contributed by atoms with van der Waals surface area (Å²) in [7, 11) is 0. The lowest BCUT2D eigenvalue weighted by molar-refractivity contribution is -0.592. The lowest BCUT2D eigenvalue weighted by atomic mass is 10.0. The summed E-state index contributed by atoms with van der Waals surface area (Å²) in [6, 6.07) is 9.20. The first-order chi connectivity index (χ1) is 10.5. The third-order valence-electron chi connectivity index (χ3n) is 3.63. The lowest BCUT2D eigenvalue weighted by Crippen LogP contribution is -2.48. The Bertz CT molecular complexity index is 862. The molecule has 0 aliphatic carbocycles. The molecule has 0 atom stereocenters. The first-order valence-electron chi connectivity index (χ1n) is 6.95. The summed E-state index contributed by atoms with van der Waals surface area (Å²) in [4.78, 5) is 1.98. The van der Waals surface area contributed by atoms with Gasteiger partial charge in [-0.3, -0.25) is 0 Å². The first-order valence-corrected chi connectivity index (χ1v) is 7.68. The molecule has 0 bridgehead atoms. The molecule has 7 heteroatoms. The van der Waals surface area contributed by atoms with Crippen LogP contribution in [0.25, 0.3) is 11.0 Å². The molecule has 22 heavy (non-hydrogen) atoms. The maximum Gasteiger partial charge on any atom is 0.285 e. The molecule has 1 aromatic carbocycles. The predicted octanol–water partition coefficient (Wildman–Crippen LogP) is 2.63. The summed E-state index contributed by atoms with van der Waals surface area (Å²) in [6.07, 6.45) is 1.50. The lowest BCUT2D eigenvalue weighted by Gasteiger charge is -2.36. The molecule has 0 saturated carbocycles. The highest BCUT2D eigenvalue weighted by molar-refractivity contribution is 7.00. The van der Waals surface area contributed by atoms with Crippen molar-refractivity contribution in [3.05, 3.63) is 41.7 Å². The minimum atomic E-state index is -0.410. The molecule has 112 valence electrons. The molecule has 0 saturated heterocycles. The molecule has 0 N–H and O–H groups in total. The quantitative estimate of drug-likeness (QED) is 0.510. The van der Waals surface area contributed by atoms with Crippen LogP contribution in [0.4, 0.5) is 11.5 Å². The normalized spacial score (nSPS) is 16.4. The van der Waals surface area contributed by atoms with Gasteiger partial charge >= 0.3 is 0 Å². The molecule has 1 aliphatic rings. The molecule has 0 spiro atoms. The SMILES string of the molecule is CC1(C)CN(c2cccc[n+]2[O-])c2cc3nsnc3cc2O1. The molecule has 3 aromatic rings. The topological polar surface area (TPSA) is 65.2 Å². The number of ether oxygens (including phenoxy) is 1. The fourth-order valence-corrected chi connectivity index (χ4v) is 3.23. The van der Waals surface area contributed by atoms with Crippen LogP contribution in [0.15, 0.2) is 36.5 Å². The Kier molecular flexibility index (Phi) is 2.74. The largest absolute Gasteiger partial charge is 0.711 e. The Balaban J connectivity index is 1.94. The van der Waals surface area contributed by atoms with E-state index in [9.17, 15) is 5.21 Å². The standard InChI is InChI=1S/C15H14N4O2S/c1-15(2)9-18(14-5-3-4-6-19(14)20)12-7-10-11(17-22-16-10)8-13(12)21-15/h3-8H,9H2,1-2H3. The summed E-state index contributed by atoms with van der Waals surface area (Å²) in [5, 5.41) is 12.2. The van der Waals surface area contributed by atoms with Crippen LogP contribution in [-0.2, 0) is 0 Å². The van der Waals surface area contributed by atoms with Gasteiger partial charge in [-0.25, -0.2) is 9.63 Å². The van der Waals surface area contributed by atoms with E-state index in [2.05, 4.69) is 8.75 Å². The highest BCUT2D eigenvalue weighted by Crippen LogP contribution is 2.42. The van der Waals surface area contributed by atoms with Gasteiger partial charge in [-0.1, -0.05) is 6.07 Å². The Hall–Kier alpha value is -2.41. The van der Waals surface area contributed by atoms with Crippen molar-refractivity contribution in [2.75, 3.05) is 11.4 Å². The zero-order valence-electron chi connectivity index (χ0n) is 12.2. The molecule has 1 aliphatic heterocycles. The van der Waals surface area contributed by atoms with E-state index < -0.39 is 5.60 Å². The zero-order valence-corrected chi connectivity index (χ0v) is 13.0. The van der Waals surface area contributed by atoms with E-state index in [0.717, 1.165) is 27.2 Å². The number of pyridine rings is 1. The number of aromatic nitrogens is 3. The van der Waals surface area contributed by atoms with Gasteiger partial charge in [0.1, 0.15) is 23.2 Å². The van der Waals surface area contributed by atoms with Crippen molar-refractivity contribution in [1.29, 1.82) is 0 Å². The van der Waals surface area contributed by atoms with Gasteiger partial charge in [-0.05, 0) is 19.9 Å². The van der Waals surface area contributed by atoms with E-state index in [1.54, 1.807) is 6.07 Å². The maximum absolute atomic E-state index is 12.2. The number of benzene rings is 1. The van der Waals surface area contributed by atoms with Gasteiger partial charge in [0.2, 0.25) is 0 Å². The van der Waals surface area contributed by atoms with Crippen molar-refractivity contribution in [1.82, 2.24) is 8.75 Å². The molecule has 4 rings (SSSR count). The molecule has 0 amide bonds. The summed E-state index contributed by atoms with van der Waals surface area (Å²) in [6.45, 7) is 4.59. The van der Waals surface area contributed by atoms with Crippen molar-refractivity contribution >= 4 is 34.3 Å². The van der Waals surface area contributed by atoms with Crippen molar-refractivity contribution in [2.24, 2.45) is 0 Å². The van der Waals surface area contributed by atoms with Gasteiger partial charge in [-0.2, -0.15) is 8.75 Å². The molecular weight excluding hydrogens is 300 g/mol. The number of hydrogen-bond acceptors (Lipinski definition) is 6. The van der Waals surface area contributed by atoms with Crippen molar-refractivity contribution in [3.63, 3.8) is 0 Å².